The third-order valence-corrected chi connectivity index (χ3v) is 6.15. The van der Waals surface area contributed by atoms with Gasteiger partial charge in [0, 0.05) is 31.3 Å². The van der Waals surface area contributed by atoms with Crippen molar-refractivity contribution < 1.29 is 13.2 Å². The summed E-state index contributed by atoms with van der Waals surface area (Å²) in [7, 11) is -2.97. The lowest BCUT2D eigenvalue weighted by molar-refractivity contribution is 0.302. The number of nitrogens with zero attached hydrogens (tertiary/aromatic N) is 3. The number of ether oxygens (including phenoxy) is 1. The molecule has 26 heavy (non-hydrogen) atoms. The van der Waals surface area contributed by atoms with E-state index in [2.05, 4.69) is 20.9 Å². The molecule has 1 aromatic carbocycles. The second kappa shape index (κ2) is 6.87. The number of rotatable bonds is 3. The first kappa shape index (κ1) is 17.3. The maximum absolute atomic E-state index is 11.7. The van der Waals surface area contributed by atoms with E-state index in [0.29, 0.717) is 6.61 Å². The molecule has 1 aromatic heterocycles. The Morgan fingerprint density at radius 3 is 2.96 bits per heavy atom. The van der Waals surface area contributed by atoms with Crippen molar-refractivity contribution in [3.63, 3.8) is 0 Å². The average Bonchev–Trinajstić information content (AvgIpc) is 2.79. The molecule has 6 nitrogen and oxygen atoms in total. The zero-order valence-electron chi connectivity index (χ0n) is 14.9. The molecule has 7 heteroatoms. The Morgan fingerprint density at radius 1 is 1.27 bits per heavy atom. The van der Waals surface area contributed by atoms with Crippen LogP contribution in [-0.4, -0.2) is 43.5 Å². The van der Waals surface area contributed by atoms with Gasteiger partial charge in [-0.1, -0.05) is 18.2 Å². The van der Waals surface area contributed by atoms with Crippen LogP contribution in [0.4, 0.5) is 5.82 Å². The predicted octanol–water partition coefficient (Wildman–Crippen LogP) is 2.22. The number of benzene rings is 1. The zero-order chi connectivity index (χ0) is 18.1. The second-order valence-electron chi connectivity index (χ2n) is 7.24. The van der Waals surface area contributed by atoms with E-state index in [-0.39, 0.29) is 11.7 Å². The highest BCUT2D eigenvalue weighted by Gasteiger charge is 2.27. The number of sulfone groups is 1. The summed E-state index contributed by atoms with van der Waals surface area (Å²) < 4.78 is 29.3. The summed E-state index contributed by atoms with van der Waals surface area (Å²) in [5.41, 5.74) is 3.14. The zero-order valence-corrected chi connectivity index (χ0v) is 15.7. The maximum Gasteiger partial charge on any atom is 0.147 e. The number of anilines is 1. The van der Waals surface area contributed by atoms with Crippen LogP contribution in [0.15, 0.2) is 30.6 Å². The summed E-state index contributed by atoms with van der Waals surface area (Å²) in [6.07, 6.45) is 5.56. The standard InChI is InChI=1S/C19H23N3O3S/c1-26(23,24)12-14-5-4-8-22(10-14)19-16-9-15-6-2-3-7-18(15)25-11-17(16)20-13-21-19/h2-3,6-7,13-14H,4-5,8-12H2,1H3/t14-/m1/s1. The van der Waals surface area contributed by atoms with Gasteiger partial charge < -0.3 is 9.64 Å². The smallest absolute Gasteiger partial charge is 0.147 e. The highest BCUT2D eigenvalue weighted by Crippen LogP contribution is 2.33. The molecule has 1 saturated heterocycles. The van der Waals surface area contributed by atoms with Crippen LogP contribution in [0.5, 0.6) is 5.75 Å². The molecule has 138 valence electrons. The highest BCUT2D eigenvalue weighted by atomic mass is 32.2. The molecule has 2 aliphatic rings. The second-order valence-corrected chi connectivity index (χ2v) is 9.43. The van der Waals surface area contributed by atoms with Crippen molar-refractivity contribution in [3.8, 4) is 5.75 Å². The van der Waals surface area contributed by atoms with Crippen LogP contribution in [0.1, 0.15) is 29.7 Å². The Balaban J connectivity index is 1.64. The van der Waals surface area contributed by atoms with Crippen molar-refractivity contribution >= 4 is 15.7 Å². The Hall–Kier alpha value is -2.15. The Morgan fingerprint density at radius 2 is 2.12 bits per heavy atom. The molecule has 0 saturated carbocycles. The van der Waals surface area contributed by atoms with E-state index in [1.807, 2.05) is 18.2 Å². The van der Waals surface area contributed by atoms with Gasteiger partial charge in [0.2, 0.25) is 0 Å². The molecule has 2 aliphatic heterocycles. The van der Waals surface area contributed by atoms with Gasteiger partial charge in [0.15, 0.2) is 0 Å². The summed E-state index contributed by atoms with van der Waals surface area (Å²) in [6.45, 7) is 2.05. The topological polar surface area (TPSA) is 72.4 Å². The van der Waals surface area contributed by atoms with E-state index >= 15 is 0 Å². The number of hydrogen-bond acceptors (Lipinski definition) is 6. The normalized spacial score (nSPS) is 19.9. The minimum atomic E-state index is -2.97. The molecule has 0 bridgehead atoms. The van der Waals surface area contributed by atoms with E-state index < -0.39 is 9.84 Å². The Kier molecular flexibility index (Phi) is 4.56. The molecule has 0 N–H and O–H groups in total. The van der Waals surface area contributed by atoms with E-state index in [4.69, 9.17) is 4.74 Å². The van der Waals surface area contributed by atoms with Crippen molar-refractivity contribution in [1.29, 1.82) is 0 Å². The number of piperidine rings is 1. The fraction of sp³-hybridized carbons (Fsp3) is 0.474. The monoisotopic (exact) mass is 373 g/mol. The SMILES string of the molecule is CS(=O)(=O)C[C@@H]1CCCN(c2ncnc3c2Cc2ccccc2OC3)C1. The van der Waals surface area contributed by atoms with Crippen molar-refractivity contribution in [2.75, 3.05) is 30.0 Å². The van der Waals surface area contributed by atoms with Crippen LogP contribution in [0.3, 0.4) is 0 Å². The van der Waals surface area contributed by atoms with Crippen LogP contribution >= 0.6 is 0 Å². The molecule has 0 amide bonds. The van der Waals surface area contributed by atoms with Crippen molar-refractivity contribution in [2.24, 2.45) is 5.92 Å². The number of hydrogen-bond donors (Lipinski definition) is 0. The Bertz CT molecular complexity index is 914. The van der Waals surface area contributed by atoms with Gasteiger partial charge in [-0.25, -0.2) is 18.4 Å². The third kappa shape index (κ3) is 3.67. The Labute approximate surface area is 154 Å². The first-order chi connectivity index (χ1) is 12.5. The molecule has 0 radical (unpaired) electrons. The van der Waals surface area contributed by atoms with Crippen LogP contribution in [0.25, 0.3) is 0 Å². The van der Waals surface area contributed by atoms with Gasteiger partial charge in [-0.05, 0) is 30.4 Å². The maximum atomic E-state index is 11.7. The summed E-state index contributed by atoms with van der Waals surface area (Å²) in [5.74, 6) is 2.21. The van der Waals surface area contributed by atoms with Crippen LogP contribution in [0.2, 0.25) is 0 Å². The molecule has 2 aromatic rings. The van der Waals surface area contributed by atoms with Gasteiger partial charge in [0.25, 0.3) is 0 Å². The van der Waals surface area contributed by atoms with E-state index in [0.717, 1.165) is 60.7 Å². The predicted molar refractivity (Wildman–Crippen MR) is 100 cm³/mol. The quantitative estimate of drug-likeness (QED) is 0.821. The lowest BCUT2D eigenvalue weighted by atomic mass is 9.98. The van der Waals surface area contributed by atoms with Gasteiger partial charge in [0.05, 0.1) is 11.4 Å². The van der Waals surface area contributed by atoms with E-state index in [1.165, 1.54) is 6.26 Å². The molecule has 0 unspecified atom stereocenters. The van der Waals surface area contributed by atoms with Crippen LogP contribution in [-0.2, 0) is 22.9 Å². The fourth-order valence-electron chi connectivity index (χ4n) is 3.96. The van der Waals surface area contributed by atoms with Crippen molar-refractivity contribution in [2.45, 2.75) is 25.9 Å². The summed E-state index contributed by atoms with van der Waals surface area (Å²) >= 11 is 0. The van der Waals surface area contributed by atoms with Crippen LogP contribution < -0.4 is 9.64 Å². The number of para-hydroxylation sites is 1. The molecule has 1 fully saturated rings. The summed E-state index contributed by atoms with van der Waals surface area (Å²) in [4.78, 5) is 11.2. The van der Waals surface area contributed by atoms with Gasteiger partial charge in [-0.15, -0.1) is 0 Å². The molecular formula is C19H23N3O3S. The minimum absolute atomic E-state index is 0.152. The lowest BCUT2D eigenvalue weighted by Crippen LogP contribution is -2.39. The molecule has 0 aliphatic carbocycles. The van der Waals surface area contributed by atoms with Gasteiger partial charge in [0.1, 0.15) is 34.3 Å². The van der Waals surface area contributed by atoms with E-state index in [1.54, 1.807) is 6.33 Å². The van der Waals surface area contributed by atoms with Crippen molar-refractivity contribution in [1.82, 2.24) is 9.97 Å². The average molecular weight is 373 g/mol. The first-order valence-corrected chi connectivity index (χ1v) is 11.0. The van der Waals surface area contributed by atoms with Gasteiger partial charge >= 0.3 is 0 Å². The lowest BCUT2D eigenvalue weighted by Gasteiger charge is -2.34. The van der Waals surface area contributed by atoms with Crippen molar-refractivity contribution in [3.05, 3.63) is 47.4 Å². The third-order valence-electron chi connectivity index (χ3n) is 5.07. The summed E-state index contributed by atoms with van der Waals surface area (Å²) in [6, 6.07) is 8.04. The largest absolute Gasteiger partial charge is 0.487 e. The van der Waals surface area contributed by atoms with E-state index in [9.17, 15) is 8.42 Å². The molecule has 4 rings (SSSR count). The minimum Gasteiger partial charge on any atom is -0.487 e. The first-order valence-electron chi connectivity index (χ1n) is 8.96. The number of aromatic nitrogens is 2. The molecule has 0 spiro atoms. The molecule has 1 atom stereocenters. The fourth-order valence-corrected chi connectivity index (χ4v) is 5.09. The highest BCUT2D eigenvalue weighted by molar-refractivity contribution is 7.90. The molecular weight excluding hydrogens is 350 g/mol. The molecule has 3 heterocycles. The number of fused-ring (bicyclic) bond motifs is 2. The van der Waals surface area contributed by atoms with Gasteiger partial charge in [-0.2, -0.15) is 0 Å². The van der Waals surface area contributed by atoms with Crippen LogP contribution in [0, 0.1) is 5.92 Å². The summed E-state index contributed by atoms with van der Waals surface area (Å²) in [5, 5.41) is 0. The van der Waals surface area contributed by atoms with Gasteiger partial charge in [-0.3, -0.25) is 0 Å².